The van der Waals surface area contributed by atoms with Crippen molar-refractivity contribution in [3.8, 4) is 5.75 Å². The number of nitrogens with one attached hydrogen (secondary N) is 1. The first-order chi connectivity index (χ1) is 10.6. The number of phenols is 1. The Morgan fingerprint density at radius 1 is 1.27 bits per heavy atom. The van der Waals surface area contributed by atoms with E-state index in [1.54, 1.807) is 23.5 Å². The molecule has 6 heteroatoms. The molecule has 0 bridgehead atoms. The smallest absolute Gasteiger partial charge is 0.138 e. The lowest BCUT2D eigenvalue weighted by Gasteiger charge is -2.08. The Hall–Kier alpha value is -1.85. The minimum atomic E-state index is 0.0936. The third kappa shape index (κ3) is 3.00. The van der Waals surface area contributed by atoms with Gasteiger partial charge in [-0.25, -0.2) is 9.97 Å². The molecule has 114 valence electrons. The van der Waals surface area contributed by atoms with Crippen LogP contribution in [0.15, 0.2) is 24.3 Å². The number of aryl methyl sites for hydroxylation is 2. The van der Waals surface area contributed by atoms with Crippen molar-refractivity contribution in [2.75, 3.05) is 5.32 Å². The van der Waals surface area contributed by atoms with Gasteiger partial charge in [-0.1, -0.05) is 24.6 Å². The first-order valence-electron chi connectivity index (χ1n) is 7.05. The fraction of sp³-hybridized carbons (Fsp3) is 0.250. The van der Waals surface area contributed by atoms with Gasteiger partial charge in [-0.3, -0.25) is 0 Å². The molecule has 3 rings (SSSR count). The van der Waals surface area contributed by atoms with E-state index >= 15 is 0 Å². The van der Waals surface area contributed by atoms with E-state index in [2.05, 4.69) is 28.3 Å². The highest BCUT2D eigenvalue weighted by Crippen LogP contribution is 2.30. The summed E-state index contributed by atoms with van der Waals surface area (Å²) >= 11 is 7.64. The average molecular weight is 334 g/mol. The lowest BCUT2D eigenvalue weighted by atomic mass is 10.2. The largest absolute Gasteiger partial charge is 0.506 e. The Labute approximate surface area is 137 Å². The minimum Gasteiger partial charge on any atom is -0.506 e. The summed E-state index contributed by atoms with van der Waals surface area (Å²) in [5, 5.41) is 14.2. The van der Waals surface area contributed by atoms with Crippen molar-refractivity contribution in [1.29, 1.82) is 0 Å². The van der Waals surface area contributed by atoms with Gasteiger partial charge in [-0.05, 0) is 37.1 Å². The number of fused-ring (bicyclic) bond motifs is 1. The molecule has 4 nitrogen and oxygen atoms in total. The van der Waals surface area contributed by atoms with Gasteiger partial charge in [0, 0.05) is 11.4 Å². The van der Waals surface area contributed by atoms with Crippen LogP contribution in [-0.2, 0) is 13.0 Å². The first kappa shape index (κ1) is 15.1. The van der Waals surface area contributed by atoms with Crippen LogP contribution >= 0.6 is 22.9 Å². The molecule has 0 radical (unpaired) electrons. The van der Waals surface area contributed by atoms with Crippen LogP contribution in [0.3, 0.4) is 0 Å². The Kier molecular flexibility index (Phi) is 4.18. The zero-order chi connectivity index (χ0) is 15.7. The summed E-state index contributed by atoms with van der Waals surface area (Å²) in [6.07, 6.45) is 0.993. The summed E-state index contributed by atoms with van der Waals surface area (Å²) in [5.74, 6) is 1.68. The van der Waals surface area contributed by atoms with Gasteiger partial charge in [0.25, 0.3) is 0 Å². The van der Waals surface area contributed by atoms with Crippen LogP contribution in [0.1, 0.15) is 23.2 Å². The predicted molar refractivity (Wildman–Crippen MR) is 92.0 cm³/mol. The van der Waals surface area contributed by atoms with Crippen molar-refractivity contribution in [2.45, 2.75) is 26.8 Å². The summed E-state index contributed by atoms with van der Waals surface area (Å²) in [6, 6.07) is 7.33. The first-order valence-corrected chi connectivity index (χ1v) is 8.24. The molecule has 0 aliphatic heterocycles. The number of benzene rings is 1. The van der Waals surface area contributed by atoms with Crippen molar-refractivity contribution < 1.29 is 5.11 Å². The van der Waals surface area contributed by atoms with E-state index in [1.807, 2.05) is 13.0 Å². The number of anilines is 1. The van der Waals surface area contributed by atoms with Crippen molar-refractivity contribution in [3.63, 3.8) is 0 Å². The lowest BCUT2D eigenvalue weighted by molar-refractivity contribution is 0.475. The van der Waals surface area contributed by atoms with E-state index in [9.17, 15) is 5.11 Å². The molecule has 0 spiro atoms. The molecular formula is C16H16ClN3OS. The minimum absolute atomic E-state index is 0.0936. The zero-order valence-corrected chi connectivity index (χ0v) is 13.9. The Morgan fingerprint density at radius 3 is 2.82 bits per heavy atom. The number of phenolic OH excluding ortho intramolecular Hbond substituents is 1. The second kappa shape index (κ2) is 6.10. The van der Waals surface area contributed by atoms with Crippen LogP contribution in [-0.4, -0.2) is 15.1 Å². The number of hydrogen-bond donors (Lipinski definition) is 2. The van der Waals surface area contributed by atoms with Crippen LogP contribution in [0, 0.1) is 6.92 Å². The quantitative estimate of drug-likeness (QED) is 0.736. The maximum absolute atomic E-state index is 9.47. The molecular weight excluding hydrogens is 318 g/mol. The van der Waals surface area contributed by atoms with Crippen molar-refractivity contribution in [3.05, 3.63) is 45.6 Å². The highest BCUT2D eigenvalue weighted by molar-refractivity contribution is 7.18. The molecule has 22 heavy (non-hydrogen) atoms. The monoisotopic (exact) mass is 333 g/mol. The van der Waals surface area contributed by atoms with Crippen LogP contribution in [0.25, 0.3) is 10.2 Å². The van der Waals surface area contributed by atoms with Gasteiger partial charge in [0.05, 0.1) is 10.4 Å². The van der Waals surface area contributed by atoms with Crippen LogP contribution < -0.4 is 5.32 Å². The van der Waals surface area contributed by atoms with Gasteiger partial charge < -0.3 is 10.4 Å². The predicted octanol–water partition coefficient (Wildman–Crippen LogP) is 4.53. The van der Waals surface area contributed by atoms with Crippen molar-refractivity contribution in [1.82, 2.24) is 9.97 Å². The Bertz CT molecular complexity index is 832. The normalized spacial score (nSPS) is 11.0. The molecule has 1 aromatic carbocycles. The van der Waals surface area contributed by atoms with E-state index in [4.69, 9.17) is 11.6 Å². The number of nitrogens with zero attached hydrogens (tertiary/aromatic N) is 2. The number of hydrogen-bond acceptors (Lipinski definition) is 5. The third-order valence-electron chi connectivity index (χ3n) is 3.38. The molecule has 0 atom stereocenters. The molecule has 0 aliphatic carbocycles. The molecule has 0 amide bonds. The van der Waals surface area contributed by atoms with Crippen molar-refractivity contribution in [2.24, 2.45) is 0 Å². The number of aromatic hydroxyl groups is 1. The topological polar surface area (TPSA) is 58.0 Å². The van der Waals surface area contributed by atoms with Gasteiger partial charge in [-0.15, -0.1) is 11.3 Å². The molecule has 2 aromatic heterocycles. The molecule has 2 heterocycles. The number of halogens is 1. The number of thiophene rings is 1. The van der Waals surface area contributed by atoms with Gasteiger partial charge >= 0.3 is 0 Å². The van der Waals surface area contributed by atoms with E-state index in [0.717, 1.165) is 33.8 Å². The molecule has 3 aromatic rings. The zero-order valence-electron chi connectivity index (χ0n) is 12.4. The van der Waals surface area contributed by atoms with Gasteiger partial charge in [0.2, 0.25) is 0 Å². The Morgan fingerprint density at radius 2 is 2.09 bits per heavy atom. The summed E-state index contributed by atoms with van der Waals surface area (Å²) in [5.41, 5.74) is 0.984. The summed E-state index contributed by atoms with van der Waals surface area (Å²) < 4.78 is 0. The molecule has 0 aliphatic rings. The third-order valence-corrected chi connectivity index (χ3v) is 4.85. The highest BCUT2D eigenvalue weighted by atomic mass is 35.5. The molecule has 2 N–H and O–H groups in total. The van der Waals surface area contributed by atoms with Gasteiger partial charge in [0.15, 0.2) is 0 Å². The van der Waals surface area contributed by atoms with E-state index in [1.165, 1.54) is 4.88 Å². The van der Waals surface area contributed by atoms with Crippen molar-refractivity contribution >= 4 is 39.0 Å². The molecule has 0 unspecified atom stereocenters. The maximum Gasteiger partial charge on any atom is 0.138 e. The number of aromatic nitrogens is 2. The van der Waals surface area contributed by atoms with Gasteiger partial charge in [-0.2, -0.15) is 0 Å². The van der Waals surface area contributed by atoms with Crippen LogP contribution in [0.2, 0.25) is 5.02 Å². The SMILES string of the molecule is CCc1cc2c(NCc3ccc(O)c(Cl)c3)nc(C)nc2s1. The lowest BCUT2D eigenvalue weighted by Crippen LogP contribution is -2.03. The second-order valence-corrected chi connectivity index (χ2v) is 6.57. The molecule has 0 saturated carbocycles. The second-order valence-electron chi connectivity index (χ2n) is 5.04. The summed E-state index contributed by atoms with van der Waals surface area (Å²) in [4.78, 5) is 11.3. The highest BCUT2D eigenvalue weighted by Gasteiger charge is 2.10. The fourth-order valence-electron chi connectivity index (χ4n) is 2.23. The summed E-state index contributed by atoms with van der Waals surface area (Å²) in [6.45, 7) is 4.62. The number of rotatable bonds is 4. The van der Waals surface area contributed by atoms with E-state index < -0.39 is 0 Å². The Balaban J connectivity index is 1.89. The standard InChI is InChI=1S/C16H16ClN3OS/c1-3-11-7-12-15(19-9(2)20-16(12)22-11)18-8-10-4-5-14(21)13(17)6-10/h4-7,21H,3,8H2,1-2H3,(H,18,19,20). The summed E-state index contributed by atoms with van der Waals surface area (Å²) in [7, 11) is 0. The molecule has 0 saturated heterocycles. The van der Waals surface area contributed by atoms with Crippen LogP contribution in [0.4, 0.5) is 5.82 Å². The van der Waals surface area contributed by atoms with E-state index in [-0.39, 0.29) is 5.75 Å². The molecule has 0 fully saturated rings. The van der Waals surface area contributed by atoms with Crippen LogP contribution in [0.5, 0.6) is 5.75 Å². The fourth-order valence-corrected chi connectivity index (χ4v) is 3.45. The maximum atomic E-state index is 9.47. The van der Waals surface area contributed by atoms with E-state index in [0.29, 0.717) is 11.6 Å². The average Bonchev–Trinajstić information content (AvgIpc) is 2.91. The van der Waals surface area contributed by atoms with Gasteiger partial charge in [0.1, 0.15) is 22.2 Å².